The lowest BCUT2D eigenvalue weighted by Gasteiger charge is -2.41. The largest absolute Gasteiger partial charge is 0.497 e. The summed E-state index contributed by atoms with van der Waals surface area (Å²) in [4.78, 5) is 11.2. The molecule has 31 heavy (non-hydrogen) atoms. The Morgan fingerprint density at radius 1 is 1.13 bits per heavy atom. The van der Waals surface area contributed by atoms with Crippen LogP contribution in [-0.4, -0.2) is 53.4 Å². The first-order valence-electron chi connectivity index (χ1n) is 11.3. The van der Waals surface area contributed by atoms with Crippen LogP contribution in [-0.2, 0) is 12.1 Å². The van der Waals surface area contributed by atoms with Crippen LogP contribution in [0.4, 0.5) is 0 Å². The molecule has 0 amide bonds. The van der Waals surface area contributed by atoms with Gasteiger partial charge in [0.1, 0.15) is 11.4 Å². The van der Waals surface area contributed by atoms with Crippen LogP contribution in [0, 0.1) is 11.8 Å². The van der Waals surface area contributed by atoms with Crippen molar-refractivity contribution in [2.24, 2.45) is 11.8 Å². The second-order valence-corrected chi connectivity index (χ2v) is 8.46. The molecule has 7 heteroatoms. The van der Waals surface area contributed by atoms with Crippen molar-refractivity contribution in [3.63, 3.8) is 0 Å². The number of rotatable bonds is 8. The number of aliphatic hydroxyl groups is 1. The van der Waals surface area contributed by atoms with Gasteiger partial charge in [0.15, 0.2) is 0 Å². The maximum atomic E-state index is 11.9. The summed E-state index contributed by atoms with van der Waals surface area (Å²) in [5.41, 5.74) is 0.952. The fourth-order valence-electron chi connectivity index (χ4n) is 5.16. The number of aromatic nitrogens is 2. The topological polar surface area (TPSA) is 76.9 Å². The van der Waals surface area contributed by atoms with Crippen molar-refractivity contribution in [3.05, 3.63) is 41.6 Å². The third-order valence-corrected chi connectivity index (χ3v) is 6.58. The van der Waals surface area contributed by atoms with Crippen LogP contribution in [0.5, 0.6) is 17.6 Å². The Labute approximate surface area is 184 Å². The van der Waals surface area contributed by atoms with Crippen LogP contribution in [0.15, 0.2) is 30.5 Å². The Morgan fingerprint density at radius 3 is 2.61 bits per heavy atom. The summed E-state index contributed by atoms with van der Waals surface area (Å²) < 4.78 is 16.5. The zero-order valence-corrected chi connectivity index (χ0v) is 18.7. The second-order valence-electron chi connectivity index (χ2n) is 8.46. The predicted molar refractivity (Wildman–Crippen MR) is 117 cm³/mol. The quantitative estimate of drug-likeness (QED) is 0.692. The van der Waals surface area contributed by atoms with E-state index >= 15 is 0 Å². The highest BCUT2D eigenvalue weighted by atomic mass is 16.5. The number of ether oxygens (including phenoxy) is 3. The van der Waals surface area contributed by atoms with E-state index in [1.165, 1.54) is 5.56 Å². The Kier molecular flexibility index (Phi) is 6.62. The molecule has 2 fully saturated rings. The average Bonchev–Trinajstić information content (AvgIpc) is 3.19. The molecule has 0 radical (unpaired) electrons. The Bertz CT molecular complexity index is 876. The summed E-state index contributed by atoms with van der Waals surface area (Å²) >= 11 is 0. The molecule has 3 unspecified atom stereocenters. The summed E-state index contributed by atoms with van der Waals surface area (Å²) in [7, 11) is 1.68. The Balaban J connectivity index is 1.56. The Morgan fingerprint density at radius 2 is 1.90 bits per heavy atom. The normalized spacial score (nSPS) is 25.8. The zero-order valence-electron chi connectivity index (χ0n) is 18.7. The molecule has 168 valence electrons. The molecule has 4 rings (SSSR count). The van der Waals surface area contributed by atoms with E-state index < -0.39 is 5.60 Å². The fourth-order valence-corrected chi connectivity index (χ4v) is 5.16. The van der Waals surface area contributed by atoms with Gasteiger partial charge < -0.3 is 19.3 Å². The summed E-state index contributed by atoms with van der Waals surface area (Å²) in [6, 6.07) is 8.51. The molecular weight excluding hydrogens is 394 g/mol. The highest BCUT2D eigenvalue weighted by Crippen LogP contribution is 2.50. The molecule has 2 aliphatic rings. The Hall–Kier alpha value is -2.38. The van der Waals surface area contributed by atoms with Crippen molar-refractivity contribution in [3.8, 4) is 17.6 Å². The van der Waals surface area contributed by atoms with E-state index in [2.05, 4.69) is 27.0 Å². The number of likely N-dealkylation sites (tertiary alicyclic amines) is 1. The van der Waals surface area contributed by atoms with Gasteiger partial charge in [-0.2, -0.15) is 4.98 Å². The van der Waals surface area contributed by atoms with E-state index in [4.69, 9.17) is 14.2 Å². The number of fused-ring (bicyclic) bond motifs is 1. The van der Waals surface area contributed by atoms with Gasteiger partial charge in [-0.15, -0.1) is 0 Å². The monoisotopic (exact) mass is 427 g/mol. The van der Waals surface area contributed by atoms with Gasteiger partial charge in [-0.05, 0) is 56.7 Å². The molecule has 0 bridgehead atoms. The number of benzene rings is 1. The molecule has 2 aromatic rings. The molecule has 1 saturated carbocycles. The lowest BCUT2D eigenvalue weighted by Crippen LogP contribution is -2.43. The van der Waals surface area contributed by atoms with E-state index in [0.717, 1.165) is 38.2 Å². The summed E-state index contributed by atoms with van der Waals surface area (Å²) in [6.07, 6.45) is 4.51. The van der Waals surface area contributed by atoms with Crippen LogP contribution in [0.2, 0.25) is 0 Å². The highest BCUT2D eigenvalue weighted by Gasteiger charge is 2.51. The minimum Gasteiger partial charge on any atom is -0.497 e. The minimum atomic E-state index is -0.993. The molecule has 1 aromatic heterocycles. The maximum absolute atomic E-state index is 11.9. The second kappa shape index (κ2) is 9.40. The van der Waals surface area contributed by atoms with Crippen LogP contribution in [0.1, 0.15) is 44.2 Å². The lowest BCUT2D eigenvalue weighted by atomic mass is 9.68. The molecule has 2 heterocycles. The number of hydrogen-bond acceptors (Lipinski definition) is 7. The number of hydrogen-bond donors (Lipinski definition) is 1. The van der Waals surface area contributed by atoms with Gasteiger partial charge in [-0.1, -0.05) is 12.1 Å². The maximum Gasteiger partial charge on any atom is 0.319 e. The van der Waals surface area contributed by atoms with Gasteiger partial charge in [-0.3, -0.25) is 4.90 Å². The minimum absolute atomic E-state index is 0.125. The lowest BCUT2D eigenvalue weighted by molar-refractivity contribution is -0.0672. The summed E-state index contributed by atoms with van der Waals surface area (Å²) in [5, 5.41) is 11.9. The molecular formula is C24H33N3O4. The first kappa shape index (κ1) is 21.8. The van der Waals surface area contributed by atoms with Gasteiger partial charge in [0, 0.05) is 31.7 Å². The van der Waals surface area contributed by atoms with Gasteiger partial charge in [0.05, 0.1) is 25.9 Å². The third-order valence-electron chi connectivity index (χ3n) is 6.58. The third kappa shape index (κ3) is 4.48. The summed E-state index contributed by atoms with van der Waals surface area (Å²) in [5.74, 6) is 1.88. The SMILES string of the molecule is CCOc1ncc(C2(O)CCCC3CN(Cc4ccc(OC)cc4)CC32)c(OCC)n1. The van der Waals surface area contributed by atoms with Crippen molar-refractivity contribution in [2.75, 3.05) is 33.4 Å². The van der Waals surface area contributed by atoms with Gasteiger partial charge in [0.2, 0.25) is 5.88 Å². The fraction of sp³-hybridized carbons (Fsp3) is 0.583. The molecule has 1 aliphatic heterocycles. The molecule has 7 nitrogen and oxygen atoms in total. The van der Waals surface area contributed by atoms with E-state index in [9.17, 15) is 5.11 Å². The molecule has 1 N–H and O–H groups in total. The number of nitrogens with zero attached hydrogens (tertiary/aromatic N) is 3. The van der Waals surface area contributed by atoms with Gasteiger partial charge in [0.25, 0.3) is 0 Å². The van der Waals surface area contributed by atoms with Crippen LogP contribution in [0.25, 0.3) is 0 Å². The predicted octanol–water partition coefficient (Wildman–Crippen LogP) is 3.40. The molecule has 1 saturated heterocycles. The van der Waals surface area contributed by atoms with Crippen molar-refractivity contribution in [1.29, 1.82) is 0 Å². The first-order valence-corrected chi connectivity index (χ1v) is 11.3. The summed E-state index contributed by atoms with van der Waals surface area (Å²) in [6.45, 7) is 7.47. The van der Waals surface area contributed by atoms with E-state index in [1.54, 1.807) is 13.3 Å². The molecule has 1 aliphatic carbocycles. The molecule has 3 atom stereocenters. The van der Waals surface area contributed by atoms with Crippen molar-refractivity contribution in [2.45, 2.75) is 45.3 Å². The standard InChI is InChI=1S/C24H33N3O4/c1-4-30-22-20(13-25-23(26-22)31-5-2)24(28)12-6-7-18-15-27(16-21(18)24)14-17-8-10-19(29-3)11-9-17/h8-11,13,18,21,28H,4-7,12,14-16H2,1-3H3. The van der Waals surface area contributed by atoms with Crippen molar-refractivity contribution >= 4 is 0 Å². The van der Waals surface area contributed by atoms with Crippen molar-refractivity contribution < 1.29 is 19.3 Å². The van der Waals surface area contributed by atoms with Crippen LogP contribution < -0.4 is 14.2 Å². The number of methoxy groups -OCH3 is 1. The first-order chi connectivity index (χ1) is 15.1. The highest BCUT2D eigenvalue weighted by molar-refractivity contribution is 5.34. The van der Waals surface area contributed by atoms with Gasteiger partial charge in [-0.25, -0.2) is 4.98 Å². The molecule has 0 spiro atoms. The van der Waals surface area contributed by atoms with Crippen LogP contribution in [0.3, 0.4) is 0 Å². The van der Waals surface area contributed by atoms with Crippen LogP contribution >= 0.6 is 0 Å². The van der Waals surface area contributed by atoms with E-state index in [0.29, 0.717) is 43.0 Å². The van der Waals surface area contributed by atoms with E-state index in [-0.39, 0.29) is 5.92 Å². The smallest absolute Gasteiger partial charge is 0.319 e. The molecule has 1 aromatic carbocycles. The average molecular weight is 428 g/mol. The van der Waals surface area contributed by atoms with Gasteiger partial charge >= 0.3 is 6.01 Å². The van der Waals surface area contributed by atoms with Crippen molar-refractivity contribution in [1.82, 2.24) is 14.9 Å². The van der Waals surface area contributed by atoms with E-state index in [1.807, 2.05) is 26.0 Å². The zero-order chi connectivity index (χ0) is 21.8.